The molecule has 2 N–H and O–H groups in total. The average Bonchev–Trinajstić information content (AvgIpc) is 3.48. The second kappa shape index (κ2) is 16.0. The minimum absolute atomic E-state index is 0.145. The van der Waals surface area contributed by atoms with E-state index in [2.05, 4.69) is 44.8 Å². The molecule has 0 spiro atoms. The smallest absolute Gasteiger partial charge is 0.255 e. The molecule has 2 saturated heterocycles. The van der Waals surface area contributed by atoms with E-state index in [1.54, 1.807) is 31.5 Å². The van der Waals surface area contributed by atoms with E-state index < -0.39 is 13.2 Å². The maximum absolute atomic E-state index is 13.0. The van der Waals surface area contributed by atoms with Crippen molar-refractivity contribution in [3.8, 4) is 5.75 Å². The summed E-state index contributed by atoms with van der Waals surface area (Å²) in [5, 5.41) is 7.42. The van der Waals surface area contributed by atoms with Crippen LogP contribution in [0, 0.1) is 0 Å². The number of anilines is 1. The number of nitrogens with zero attached hydrogens (tertiary/aromatic N) is 4. The Kier molecular flexibility index (Phi) is 11.2. The predicted molar refractivity (Wildman–Crippen MR) is 211 cm³/mol. The summed E-state index contributed by atoms with van der Waals surface area (Å²) in [6.07, 6.45) is 6.08. The van der Waals surface area contributed by atoms with E-state index in [9.17, 15) is 18.9 Å². The molecule has 0 saturated carbocycles. The Morgan fingerprint density at radius 1 is 0.981 bits per heavy atom. The third kappa shape index (κ3) is 8.38. The predicted octanol–water partition coefficient (Wildman–Crippen LogP) is 5.13. The van der Waals surface area contributed by atoms with E-state index >= 15 is 0 Å². The van der Waals surface area contributed by atoms with Gasteiger partial charge in [-0.15, -0.1) is 0 Å². The van der Waals surface area contributed by atoms with Crippen molar-refractivity contribution in [1.29, 1.82) is 0 Å². The summed E-state index contributed by atoms with van der Waals surface area (Å²) < 4.78 is 18.8. The largest absolute Gasteiger partial charge is 0.496 e. The van der Waals surface area contributed by atoms with Crippen molar-refractivity contribution in [2.24, 2.45) is 0 Å². The molecule has 3 aromatic carbocycles. The molecule has 11 nitrogen and oxygen atoms in total. The van der Waals surface area contributed by atoms with Gasteiger partial charge < -0.3 is 24.4 Å². The van der Waals surface area contributed by atoms with Gasteiger partial charge in [0.25, 0.3) is 5.91 Å². The zero-order chi connectivity index (χ0) is 38.0. The molecule has 282 valence electrons. The number of ether oxygens (including phenoxy) is 1. The SMILES string of the molecule is COc1cc(N2CCC(NCCc3ccc4c(c3)CN(C3CCC(=O)NC3=O)C4=O)CC2)ccc1Cc1ncc(Cl)c(Cc2ccccc2P(C)(C)=O)n1. The third-order valence-electron chi connectivity index (χ3n) is 10.7. The van der Waals surface area contributed by atoms with Crippen LogP contribution in [0.1, 0.15) is 69.8 Å². The van der Waals surface area contributed by atoms with Gasteiger partial charge >= 0.3 is 0 Å². The molecule has 3 aliphatic heterocycles. The highest BCUT2D eigenvalue weighted by Crippen LogP contribution is 2.37. The van der Waals surface area contributed by atoms with E-state index in [1.165, 1.54) is 0 Å². The third-order valence-corrected chi connectivity index (χ3v) is 12.6. The van der Waals surface area contributed by atoms with Crippen molar-refractivity contribution in [1.82, 2.24) is 25.5 Å². The molecule has 4 heterocycles. The van der Waals surface area contributed by atoms with Crippen LogP contribution in [0.3, 0.4) is 0 Å². The molecule has 3 aliphatic rings. The van der Waals surface area contributed by atoms with Gasteiger partial charge in [0.15, 0.2) is 0 Å². The number of hydrogen-bond donors (Lipinski definition) is 2. The molecule has 0 aliphatic carbocycles. The Morgan fingerprint density at radius 2 is 1.78 bits per heavy atom. The summed E-state index contributed by atoms with van der Waals surface area (Å²) in [4.78, 5) is 50.3. The highest BCUT2D eigenvalue weighted by molar-refractivity contribution is 7.70. The Morgan fingerprint density at radius 3 is 2.54 bits per heavy atom. The van der Waals surface area contributed by atoms with Gasteiger partial charge in [0.1, 0.15) is 24.8 Å². The van der Waals surface area contributed by atoms with Crippen LogP contribution >= 0.6 is 18.7 Å². The number of nitrogens with one attached hydrogen (secondary N) is 2. The van der Waals surface area contributed by atoms with Gasteiger partial charge in [0.2, 0.25) is 11.8 Å². The highest BCUT2D eigenvalue weighted by Gasteiger charge is 2.39. The molecule has 3 amide bonds. The lowest BCUT2D eigenvalue weighted by Crippen LogP contribution is -2.52. The minimum Gasteiger partial charge on any atom is -0.496 e. The highest BCUT2D eigenvalue weighted by atomic mass is 35.5. The maximum Gasteiger partial charge on any atom is 0.255 e. The first kappa shape index (κ1) is 37.7. The lowest BCUT2D eigenvalue weighted by molar-refractivity contribution is -0.136. The molecular weight excluding hydrogens is 723 g/mol. The van der Waals surface area contributed by atoms with Crippen LogP contribution in [0.25, 0.3) is 0 Å². The first-order valence-electron chi connectivity index (χ1n) is 18.5. The number of imide groups is 1. The number of piperidine rings is 2. The summed E-state index contributed by atoms with van der Waals surface area (Å²) in [5.41, 5.74) is 6.49. The number of carbonyl (C=O) groups excluding carboxylic acids is 3. The number of fused-ring (bicyclic) bond motifs is 1. The van der Waals surface area contributed by atoms with Gasteiger partial charge in [0, 0.05) is 79.3 Å². The number of hydrogen-bond acceptors (Lipinski definition) is 9. The monoisotopic (exact) mass is 768 g/mol. The number of halogens is 1. The molecule has 7 rings (SSSR count). The molecule has 1 unspecified atom stereocenters. The topological polar surface area (TPSA) is 134 Å². The van der Waals surface area contributed by atoms with Crippen molar-refractivity contribution >= 4 is 47.5 Å². The van der Waals surface area contributed by atoms with Crippen molar-refractivity contribution in [2.75, 3.05) is 45.0 Å². The summed E-state index contributed by atoms with van der Waals surface area (Å²) in [5.74, 6) is 0.610. The lowest BCUT2D eigenvalue weighted by atomic mass is 10.0. The van der Waals surface area contributed by atoms with Crippen LogP contribution in [0.4, 0.5) is 5.69 Å². The standard InChI is InChI=1S/C41H46ClN6O5P/c1-53-36-23-31(10-9-27(36)22-38-44-24-33(42)34(45-38)21-28-6-4-5-7-37(28)54(2,3)52)47-18-15-30(16-19-47)43-17-14-26-8-11-32-29(20-26)25-48(41(32)51)35-12-13-39(49)46-40(35)50/h4-11,20,23-24,30,35,43H,12-19,21-22,25H2,1-3H3,(H,46,49,50). The normalized spacial score (nSPS) is 17.9. The molecular formula is C41H46ClN6O5P. The van der Waals surface area contributed by atoms with E-state index in [-0.39, 0.29) is 24.1 Å². The first-order chi connectivity index (χ1) is 26.0. The van der Waals surface area contributed by atoms with Crippen LogP contribution in [0.2, 0.25) is 5.02 Å². The van der Waals surface area contributed by atoms with Crippen LogP contribution < -0.4 is 25.6 Å². The summed E-state index contributed by atoms with van der Waals surface area (Å²) in [6.45, 7) is 6.62. The fourth-order valence-electron chi connectivity index (χ4n) is 7.81. The van der Waals surface area contributed by atoms with Gasteiger partial charge in [-0.2, -0.15) is 0 Å². The number of amides is 3. The Hall–Kier alpha value is -4.57. The first-order valence-corrected chi connectivity index (χ1v) is 21.5. The van der Waals surface area contributed by atoms with E-state index in [0.29, 0.717) is 54.0 Å². The summed E-state index contributed by atoms with van der Waals surface area (Å²) in [6, 6.07) is 19.8. The second-order valence-electron chi connectivity index (χ2n) is 14.8. The van der Waals surface area contributed by atoms with Crippen molar-refractivity contribution in [2.45, 2.75) is 63.6 Å². The van der Waals surface area contributed by atoms with Gasteiger partial charge in [-0.3, -0.25) is 19.7 Å². The quantitative estimate of drug-likeness (QED) is 0.149. The van der Waals surface area contributed by atoms with E-state index in [0.717, 1.165) is 77.9 Å². The fraction of sp³-hybridized carbons (Fsp3) is 0.390. The van der Waals surface area contributed by atoms with Gasteiger partial charge in [-0.05, 0) is 74.4 Å². The second-order valence-corrected chi connectivity index (χ2v) is 18.4. The van der Waals surface area contributed by atoms with Gasteiger partial charge in [0.05, 0.1) is 17.8 Å². The summed E-state index contributed by atoms with van der Waals surface area (Å²) >= 11 is 6.55. The molecule has 1 atom stereocenters. The molecule has 0 radical (unpaired) electrons. The van der Waals surface area contributed by atoms with Crippen molar-refractivity contribution < 1.29 is 23.7 Å². The average molecular weight is 769 g/mol. The molecule has 1 aromatic heterocycles. The van der Waals surface area contributed by atoms with E-state index in [4.69, 9.17) is 21.3 Å². The Bertz CT molecular complexity index is 2130. The molecule has 2 fully saturated rings. The van der Waals surface area contributed by atoms with Gasteiger partial charge in [-0.1, -0.05) is 54.1 Å². The maximum atomic E-state index is 13.0. The number of rotatable bonds is 12. The lowest BCUT2D eigenvalue weighted by Gasteiger charge is -2.34. The number of aromatic nitrogens is 2. The Balaban J connectivity index is 0.910. The van der Waals surface area contributed by atoms with Crippen LogP contribution in [0.5, 0.6) is 5.75 Å². The number of carbonyl (C=O) groups is 3. The summed E-state index contributed by atoms with van der Waals surface area (Å²) in [7, 11) is -0.784. The fourth-order valence-corrected chi connectivity index (χ4v) is 9.26. The molecule has 54 heavy (non-hydrogen) atoms. The zero-order valence-electron chi connectivity index (χ0n) is 30.9. The zero-order valence-corrected chi connectivity index (χ0v) is 32.6. The van der Waals surface area contributed by atoms with Gasteiger partial charge in [-0.25, -0.2) is 9.97 Å². The molecule has 13 heteroatoms. The van der Waals surface area contributed by atoms with Crippen molar-refractivity contribution in [3.05, 3.63) is 111 Å². The van der Waals surface area contributed by atoms with Crippen LogP contribution in [-0.4, -0.2) is 84.7 Å². The van der Waals surface area contributed by atoms with Crippen molar-refractivity contribution in [3.63, 3.8) is 0 Å². The molecule has 0 bridgehead atoms. The minimum atomic E-state index is -2.47. The Labute approximate surface area is 321 Å². The number of methoxy groups -OCH3 is 1. The van der Waals surface area contributed by atoms with Crippen LogP contribution in [-0.2, 0) is 40.0 Å². The molecule has 4 aromatic rings. The van der Waals surface area contributed by atoms with Crippen LogP contribution in [0.15, 0.2) is 66.9 Å². The number of benzene rings is 3. The van der Waals surface area contributed by atoms with E-state index in [1.807, 2.05) is 36.4 Å².